The SMILES string of the molecule is N/C(CN1CCOCC1)=N\OCc1cc(F)ccc1Br. The van der Waals surface area contributed by atoms with Crippen molar-refractivity contribution in [1.82, 2.24) is 4.90 Å². The van der Waals surface area contributed by atoms with Crippen LogP contribution in [0, 0.1) is 5.82 Å². The standard InChI is InChI=1S/C13H17BrFN3O2/c14-12-2-1-11(15)7-10(12)9-20-17-13(16)8-18-3-5-19-6-4-18/h1-2,7H,3-6,8-9H2,(H2,16,17). The molecule has 110 valence electrons. The molecule has 1 aromatic rings. The Morgan fingerprint density at radius 3 is 2.95 bits per heavy atom. The lowest BCUT2D eigenvalue weighted by molar-refractivity contribution is 0.0443. The Bertz CT molecular complexity index is 479. The number of benzene rings is 1. The molecule has 1 aliphatic heterocycles. The van der Waals surface area contributed by atoms with E-state index in [2.05, 4.69) is 26.0 Å². The molecule has 20 heavy (non-hydrogen) atoms. The maximum absolute atomic E-state index is 13.1. The molecule has 0 bridgehead atoms. The molecule has 7 heteroatoms. The summed E-state index contributed by atoms with van der Waals surface area (Å²) in [7, 11) is 0. The van der Waals surface area contributed by atoms with Gasteiger partial charge in [-0.15, -0.1) is 0 Å². The fraction of sp³-hybridized carbons (Fsp3) is 0.462. The molecule has 1 aromatic carbocycles. The summed E-state index contributed by atoms with van der Waals surface area (Å²) >= 11 is 3.33. The first-order valence-electron chi connectivity index (χ1n) is 6.33. The number of nitrogens with zero attached hydrogens (tertiary/aromatic N) is 2. The minimum atomic E-state index is -0.308. The molecule has 0 unspecified atom stereocenters. The predicted octanol–water partition coefficient (Wildman–Crippen LogP) is 1.71. The van der Waals surface area contributed by atoms with Gasteiger partial charge in [0.25, 0.3) is 0 Å². The van der Waals surface area contributed by atoms with Crippen LogP contribution in [0.2, 0.25) is 0 Å². The fourth-order valence-electron chi connectivity index (χ4n) is 1.86. The second-order valence-corrected chi connectivity index (χ2v) is 5.33. The third-order valence-corrected chi connectivity index (χ3v) is 3.67. The maximum Gasteiger partial charge on any atom is 0.153 e. The Morgan fingerprint density at radius 2 is 2.20 bits per heavy atom. The third-order valence-electron chi connectivity index (χ3n) is 2.90. The molecular weight excluding hydrogens is 329 g/mol. The van der Waals surface area contributed by atoms with Crippen LogP contribution in [0.15, 0.2) is 27.8 Å². The van der Waals surface area contributed by atoms with E-state index in [4.69, 9.17) is 15.3 Å². The summed E-state index contributed by atoms with van der Waals surface area (Å²) in [4.78, 5) is 7.31. The van der Waals surface area contributed by atoms with Crippen molar-refractivity contribution in [3.63, 3.8) is 0 Å². The minimum absolute atomic E-state index is 0.169. The van der Waals surface area contributed by atoms with Crippen molar-refractivity contribution in [2.75, 3.05) is 32.8 Å². The molecule has 1 aliphatic rings. The first-order valence-corrected chi connectivity index (χ1v) is 7.13. The van der Waals surface area contributed by atoms with Crippen LogP contribution in [-0.2, 0) is 16.2 Å². The van der Waals surface area contributed by atoms with Crippen molar-refractivity contribution >= 4 is 21.8 Å². The van der Waals surface area contributed by atoms with Crippen LogP contribution in [0.1, 0.15) is 5.56 Å². The second kappa shape index (κ2) is 7.56. The average Bonchev–Trinajstić information content (AvgIpc) is 2.44. The molecule has 1 saturated heterocycles. The van der Waals surface area contributed by atoms with Crippen molar-refractivity contribution in [2.24, 2.45) is 10.9 Å². The Balaban J connectivity index is 1.81. The van der Waals surface area contributed by atoms with E-state index in [9.17, 15) is 4.39 Å². The van der Waals surface area contributed by atoms with E-state index >= 15 is 0 Å². The predicted molar refractivity (Wildman–Crippen MR) is 77.8 cm³/mol. The van der Waals surface area contributed by atoms with Gasteiger partial charge in [-0.25, -0.2) is 4.39 Å². The molecule has 0 atom stereocenters. The fourth-order valence-corrected chi connectivity index (χ4v) is 2.22. The summed E-state index contributed by atoms with van der Waals surface area (Å²) in [5.41, 5.74) is 6.48. The quantitative estimate of drug-likeness (QED) is 0.501. The summed E-state index contributed by atoms with van der Waals surface area (Å²) in [6.07, 6.45) is 0. The van der Waals surface area contributed by atoms with E-state index in [0.717, 1.165) is 17.6 Å². The van der Waals surface area contributed by atoms with Crippen molar-refractivity contribution in [3.8, 4) is 0 Å². The average molecular weight is 346 g/mol. The van der Waals surface area contributed by atoms with Gasteiger partial charge in [-0.3, -0.25) is 4.90 Å². The van der Waals surface area contributed by atoms with Gasteiger partial charge in [0.05, 0.1) is 19.8 Å². The van der Waals surface area contributed by atoms with Crippen LogP contribution >= 0.6 is 15.9 Å². The monoisotopic (exact) mass is 345 g/mol. The van der Waals surface area contributed by atoms with Gasteiger partial charge >= 0.3 is 0 Å². The first kappa shape index (κ1) is 15.2. The molecular formula is C13H17BrFN3O2. The minimum Gasteiger partial charge on any atom is -0.389 e. The second-order valence-electron chi connectivity index (χ2n) is 4.48. The first-order chi connectivity index (χ1) is 9.65. The molecule has 0 saturated carbocycles. The molecule has 5 nitrogen and oxygen atoms in total. The van der Waals surface area contributed by atoms with Crippen molar-refractivity contribution in [3.05, 3.63) is 34.1 Å². The summed E-state index contributed by atoms with van der Waals surface area (Å²) < 4.78 is 19.1. The highest BCUT2D eigenvalue weighted by atomic mass is 79.9. The number of morpholine rings is 1. The summed E-state index contributed by atoms with van der Waals surface area (Å²) in [5.74, 6) is 0.0940. The molecule has 1 fully saturated rings. The zero-order chi connectivity index (χ0) is 14.4. The molecule has 0 aromatic heterocycles. The van der Waals surface area contributed by atoms with Gasteiger partial charge in [0.2, 0.25) is 0 Å². The number of rotatable bonds is 5. The van der Waals surface area contributed by atoms with Gasteiger partial charge in [0, 0.05) is 23.1 Å². The Labute approximate surface area is 125 Å². The number of hydrogen-bond donors (Lipinski definition) is 1. The molecule has 1 heterocycles. The normalized spacial score (nSPS) is 17.2. The maximum atomic E-state index is 13.1. The van der Waals surface area contributed by atoms with Gasteiger partial charge in [-0.05, 0) is 18.2 Å². The summed E-state index contributed by atoms with van der Waals surface area (Å²) in [6.45, 7) is 3.82. The zero-order valence-electron chi connectivity index (χ0n) is 11.0. The number of hydrogen-bond acceptors (Lipinski definition) is 4. The van der Waals surface area contributed by atoms with Crippen LogP contribution in [0.25, 0.3) is 0 Å². The molecule has 0 aliphatic carbocycles. The van der Waals surface area contributed by atoms with Gasteiger partial charge in [0.15, 0.2) is 5.84 Å². The highest BCUT2D eigenvalue weighted by molar-refractivity contribution is 9.10. The highest BCUT2D eigenvalue weighted by Gasteiger charge is 2.11. The molecule has 2 N–H and O–H groups in total. The lowest BCUT2D eigenvalue weighted by Crippen LogP contribution is -2.41. The molecule has 0 radical (unpaired) electrons. The van der Waals surface area contributed by atoms with E-state index in [1.807, 2.05) is 0 Å². The smallest absolute Gasteiger partial charge is 0.153 e. The number of amidine groups is 1. The number of ether oxygens (including phenoxy) is 1. The molecule has 0 spiro atoms. The van der Waals surface area contributed by atoms with E-state index in [-0.39, 0.29) is 12.4 Å². The van der Waals surface area contributed by atoms with Gasteiger partial charge in [-0.1, -0.05) is 21.1 Å². The van der Waals surface area contributed by atoms with Crippen LogP contribution in [0.5, 0.6) is 0 Å². The van der Waals surface area contributed by atoms with Crippen LogP contribution in [0.4, 0.5) is 4.39 Å². The van der Waals surface area contributed by atoms with Crippen LogP contribution in [-0.4, -0.2) is 43.6 Å². The number of nitrogens with two attached hydrogens (primary N) is 1. The number of oxime groups is 1. The topological polar surface area (TPSA) is 60.1 Å². The van der Waals surface area contributed by atoms with Crippen LogP contribution < -0.4 is 5.73 Å². The Hall–Kier alpha value is -1.18. The Kier molecular flexibility index (Phi) is 5.75. The van der Waals surface area contributed by atoms with Gasteiger partial charge in [0.1, 0.15) is 12.4 Å². The van der Waals surface area contributed by atoms with Crippen molar-refractivity contribution < 1.29 is 14.0 Å². The zero-order valence-corrected chi connectivity index (χ0v) is 12.6. The van der Waals surface area contributed by atoms with E-state index < -0.39 is 0 Å². The lowest BCUT2D eigenvalue weighted by Gasteiger charge is -2.25. The van der Waals surface area contributed by atoms with E-state index in [1.54, 1.807) is 6.07 Å². The van der Waals surface area contributed by atoms with Gasteiger partial charge < -0.3 is 15.3 Å². The largest absolute Gasteiger partial charge is 0.389 e. The van der Waals surface area contributed by atoms with Gasteiger partial charge in [-0.2, -0.15) is 0 Å². The lowest BCUT2D eigenvalue weighted by atomic mass is 10.2. The summed E-state index contributed by atoms with van der Waals surface area (Å²) in [6, 6.07) is 4.41. The van der Waals surface area contributed by atoms with E-state index in [0.29, 0.717) is 31.2 Å². The molecule has 2 rings (SSSR count). The highest BCUT2D eigenvalue weighted by Crippen LogP contribution is 2.18. The summed E-state index contributed by atoms with van der Waals surface area (Å²) in [5, 5.41) is 3.85. The van der Waals surface area contributed by atoms with Crippen molar-refractivity contribution in [1.29, 1.82) is 0 Å². The van der Waals surface area contributed by atoms with Crippen LogP contribution in [0.3, 0.4) is 0 Å². The number of halogens is 2. The van der Waals surface area contributed by atoms with Crippen molar-refractivity contribution in [2.45, 2.75) is 6.61 Å². The Morgan fingerprint density at radius 1 is 1.45 bits per heavy atom. The third kappa shape index (κ3) is 4.73. The van der Waals surface area contributed by atoms with E-state index in [1.165, 1.54) is 12.1 Å². The molecule has 0 amide bonds.